The number of hydrogen-bond acceptors (Lipinski definition) is 7. The third-order valence-corrected chi connectivity index (χ3v) is 9.97. The van der Waals surface area contributed by atoms with Crippen LogP contribution in [0.3, 0.4) is 0 Å². The number of benzene rings is 3. The highest BCUT2D eigenvalue weighted by atomic mass is 31.2. The number of rotatable bonds is 20. The molecule has 3 aromatic rings. The summed E-state index contributed by atoms with van der Waals surface area (Å²) < 4.78 is 39.5. The van der Waals surface area contributed by atoms with Gasteiger partial charge in [0.2, 0.25) is 0 Å². The van der Waals surface area contributed by atoms with Crippen LogP contribution in [0.1, 0.15) is 44.4 Å². The molecule has 0 radical (unpaired) electrons. The summed E-state index contributed by atoms with van der Waals surface area (Å²) in [4.78, 5) is 0. The molecule has 1 unspecified atom stereocenters. The molecular weight excluding hydrogens is 609 g/mol. The van der Waals surface area contributed by atoms with E-state index in [1.807, 2.05) is 66.7 Å². The Balaban J connectivity index is 2.18. The van der Waals surface area contributed by atoms with Gasteiger partial charge in [0.05, 0.1) is 46.1 Å². The largest absolute Gasteiger partial charge is 0.497 e. The Bertz CT molecular complexity index is 1340. The van der Waals surface area contributed by atoms with Gasteiger partial charge in [0.25, 0.3) is 0 Å². The van der Waals surface area contributed by atoms with Crippen LogP contribution in [0.25, 0.3) is 0 Å². The second-order valence-electron chi connectivity index (χ2n) is 12.0. The number of terminal acetylenes is 2. The maximum Gasteiger partial charge on any atom is 0.143 e. The molecule has 0 aliphatic heterocycles. The van der Waals surface area contributed by atoms with E-state index in [1.165, 1.54) is 0 Å². The summed E-state index contributed by atoms with van der Waals surface area (Å²) in [6.07, 6.45) is 11.2. The fourth-order valence-electron chi connectivity index (χ4n) is 5.78. The summed E-state index contributed by atoms with van der Waals surface area (Å²) in [7, 11) is 2.36. The van der Waals surface area contributed by atoms with Crippen molar-refractivity contribution >= 4 is 8.30 Å². The van der Waals surface area contributed by atoms with Gasteiger partial charge in [-0.05, 0) is 75.3 Å². The van der Waals surface area contributed by atoms with Crippen LogP contribution in [0, 0.1) is 30.1 Å². The van der Waals surface area contributed by atoms with Crippen molar-refractivity contribution in [3.8, 4) is 36.2 Å². The fourth-order valence-corrected chi connectivity index (χ4v) is 7.68. The average Bonchev–Trinajstić information content (AvgIpc) is 3.08. The van der Waals surface area contributed by atoms with E-state index >= 15 is 0 Å². The first-order valence-electron chi connectivity index (χ1n) is 15.8. The van der Waals surface area contributed by atoms with Gasteiger partial charge in [0.1, 0.15) is 38.6 Å². The first-order chi connectivity index (χ1) is 22.7. The Kier molecular flexibility index (Phi) is 15.2. The standard InChI is InChI=1S/C39H50NO6P/c1-10-25-43-27-38(28-44-26-11-2,30-46-47(9)40(31(3)4)32(5)6)29-45-39(33-15-13-12-14-16-33,34-17-21-36(41-7)22-18-34)35-19-23-37(42-8)24-20-35/h1-2,12-24,31-32H,25-30H2,3-9H3. The van der Waals surface area contributed by atoms with Crippen LogP contribution >= 0.6 is 8.30 Å². The minimum absolute atomic E-state index is 0.142. The van der Waals surface area contributed by atoms with Crippen molar-refractivity contribution in [2.24, 2.45) is 5.41 Å². The van der Waals surface area contributed by atoms with E-state index in [1.54, 1.807) is 14.2 Å². The van der Waals surface area contributed by atoms with Crippen molar-refractivity contribution in [3.63, 3.8) is 0 Å². The molecule has 0 fully saturated rings. The molecule has 0 spiro atoms. The summed E-state index contributed by atoms with van der Waals surface area (Å²) in [6, 6.07) is 26.7. The number of methoxy groups -OCH3 is 2. The van der Waals surface area contributed by atoms with E-state index in [0.717, 1.165) is 28.2 Å². The predicted molar refractivity (Wildman–Crippen MR) is 191 cm³/mol. The number of nitrogens with zero attached hydrogens (tertiary/aromatic N) is 1. The van der Waals surface area contributed by atoms with Gasteiger partial charge in [-0.1, -0.05) is 66.4 Å². The molecule has 0 heterocycles. The molecule has 0 saturated carbocycles. The molecule has 3 aromatic carbocycles. The molecular formula is C39H50NO6P. The quantitative estimate of drug-likeness (QED) is 0.0543. The van der Waals surface area contributed by atoms with E-state index in [2.05, 4.69) is 63.0 Å². The monoisotopic (exact) mass is 659 g/mol. The van der Waals surface area contributed by atoms with Gasteiger partial charge < -0.3 is 28.2 Å². The normalized spacial score (nSPS) is 12.6. The van der Waals surface area contributed by atoms with Crippen LogP contribution in [0.2, 0.25) is 0 Å². The molecule has 0 aromatic heterocycles. The minimum atomic E-state index is -1.04. The highest BCUT2D eigenvalue weighted by Crippen LogP contribution is 2.45. The summed E-state index contributed by atoms with van der Waals surface area (Å²) in [5.74, 6) is 6.66. The van der Waals surface area contributed by atoms with Crippen molar-refractivity contribution < 1.29 is 28.2 Å². The van der Waals surface area contributed by atoms with Crippen molar-refractivity contribution in [3.05, 3.63) is 95.6 Å². The highest BCUT2D eigenvalue weighted by molar-refractivity contribution is 7.49. The van der Waals surface area contributed by atoms with Crippen molar-refractivity contribution in [2.75, 3.05) is 60.5 Å². The molecule has 0 saturated heterocycles. The van der Waals surface area contributed by atoms with Gasteiger partial charge in [0, 0.05) is 12.1 Å². The zero-order valence-corrected chi connectivity index (χ0v) is 29.8. The molecule has 0 aliphatic carbocycles. The first kappa shape index (κ1) is 38.1. The van der Waals surface area contributed by atoms with Crippen LogP contribution in [-0.2, 0) is 24.3 Å². The number of hydrogen-bond donors (Lipinski definition) is 0. The molecule has 252 valence electrons. The Morgan fingerprint density at radius 2 is 1.11 bits per heavy atom. The van der Waals surface area contributed by atoms with Gasteiger partial charge in [-0.3, -0.25) is 4.67 Å². The van der Waals surface area contributed by atoms with Gasteiger partial charge in [-0.15, -0.1) is 12.8 Å². The van der Waals surface area contributed by atoms with Gasteiger partial charge in [0.15, 0.2) is 0 Å². The molecule has 3 rings (SSSR count). The molecule has 47 heavy (non-hydrogen) atoms. The molecule has 8 heteroatoms. The Labute approximate surface area is 283 Å². The third-order valence-electron chi connectivity index (χ3n) is 7.90. The number of ether oxygens (including phenoxy) is 5. The van der Waals surface area contributed by atoms with E-state index in [-0.39, 0.29) is 33.0 Å². The van der Waals surface area contributed by atoms with Crippen LogP contribution in [0.5, 0.6) is 11.5 Å². The molecule has 0 aliphatic rings. The maximum atomic E-state index is 7.32. The van der Waals surface area contributed by atoms with Crippen molar-refractivity contribution in [1.29, 1.82) is 0 Å². The molecule has 0 bridgehead atoms. The van der Waals surface area contributed by atoms with Gasteiger partial charge in [-0.25, -0.2) is 0 Å². The zero-order chi connectivity index (χ0) is 34.3. The van der Waals surface area contributed by atoms with Crippen molar-refractivity contribution in [2.45, 2.75) is 45.4 Å². The smallest absolute Gasteiger partial charge is 0.143 e. The molecule has 0 amide bonds. The van der Waals surface area contributed by atoms with Gasteiger partial charge >= 0.3 is 0 Å². The molecule has 1 atom stereocenters. The second kappa shape index (κ2) is 18.8. The lowest BCUT2D eigenvalue weighted by Crippen LogP contribution is -2.45. The zero-order valence-electron chi connectivity index (χ0n) is 28.9. The second-order valence-corrected chi connectivity index (χ2v) is 13.6. The lowest BCUT2D eigenvalue weighted by Gasteiger charge is -2.42. The Hall–Kier alpha value is -3.39. The lowest BCUT2D eigenvalue weighted by molar-refractivity contribution is -0.110. The van der Waals surface area contributed by atoms with Crippen LogP contribution in [0.4, 0.5) is 0 Å². The van der Waals surface area contributed by atoms with Crippen LogP contribution < -0.4 is 9.47 Å². The van der Waals surface area contributed by atoms with E-state index in [4.69, 9.17) is 41.1 Å². The van der Waals surface area contributed by atoms with E-state index in [9.17, 15) is 0 Å². The summed E-state index contributed by atoms with van der Waals surface area (Å²) in [5, 5.41) is 0. The average molecular weight is 660 g/mol. The summed E-state index contributed by atoms with van der Waals surface area (Å²) in [6.45, 7) is 12.1. The topological polar surface area (TPSA) is 58.6 Å². The predicted octanol–water partition coefficient (Wildman–Crippen LogP) is 7.38. The van der Waals surface area contributed by atoms with Crippen molar-refractivity contribution in [1.82, 2.24) is 4.67 Å². The summed E-state index contributed by atoms with van der Waals surface area (Å²) >= 11 is 0. The highest BCUT2D eigenvalue weighted by Gasteiger charge is 2.43. The third kappa shape index (κ3) is 10.1. The Morgan fingerprint density at radius 1 is 0.660 bits per heavy atom. The fraction of sp³-hybridized carbons (Fsp3) is 0.436. The minimum Gasteiger partial charge on any atom is -0.497 e. The molecule has 7 nitrogen and oxygen atoms in total. The Morgan fingerprint density at radius 3 is 1.51 bits per heavy atom. The van der Waals surface area contributed by atoms with Gasteiger partial charge in [-0.2, -0.15) is 0 Å². The maximum absolute atomic E-state index is 7.32. The molecule has 0 N–H and O–H groups in total. The first-order valence-corrected chi connectivity index (χ1v) is 17.5. The van der Waals surface area contributed by atoms with Crippen LogP contribution in [0.15, 0.2) is 78.9 Å². The lowest BCUT2D eigenvalue weighted by atomic mass is 9.79. The SMILES string of the molecule is C#CCOCC(COCC#C)(COP(C)N(C(C)C)C(C)C)COC(c1ccccc1)(c1ccc(OC)cc1)c1ccc(OC)cc1. The van der Waals surface area contributed by atoms with E-state index in [0.29, 0.717) is 18.7 Å². The van der Waals surface area contributed by atoms with E-state index < -0.39 is 19.3 Å². The van der Waals surface area contributed by atoms with Crippen LogP contribution in [-0.4, -0.2) is 77.3 Å². The summed E-state index contributed by atoms with van der Waals surface area (Å²) in [5.41, 5.74) is 0.984.